The van der Waals surface area contributed by atoms with Crippen LogP contribution in [0.4, 0.5) is 0 Å². The van der Waals surface area contributed by atoms with Crippen LogP contribution in [0.25, 0.3) is 21.6 Å². The van der Waals surface area contributed by atoms with Crippen molar-refractivity contribution in [3.63, 3.8) is 0 Å². The number of amides is 1. The lowest BCUT2D eigenvalue weighted by atomic mass is 9.98. The van der Waals surface area contributed by atoms with E-state index in [1.807, 2.05) is 25.1 Å². The monoisotopic (exact) mass is 505 g/mol. The van der Waals surface area contributed by atoms with E-state index < -0.39 is 10.0 Å². The van der Waals surface area contributed by atoms with Gasteiger partial charge in [0.1, 0.15) is 11.2 Å². The lowest BCUT2D eigenvalue weighted by molar-refractivity contribution is -0.0753. The first-order valence-corrected chi connectivity index (χ1v) is 12.5. The molecule has 3 rings (SSSR count). The zero-order valence-electron chi connectivity index (χ0n) is 18.9. The molecular formula is C23H24ClN3O4S2. The first-order valence-electron chi connectivity index (χ1n) is 9.84. The number of sulfonamides is 1. The summed E-state index contributed by atoms with van der Waals surface area (Å²) in [6, 6.07) is 13.7. The number of hydrogen-bond acceptors (Lipinski definition) is 5. The summed E-state index contributed by atoms with van der Waals surface area (Å²) in [7, 11) is 2.50. The number of carbonyl (C=O) groups excluding carboxylic acids is 1. The summed E-state index contributed by atoms with van der Waals surface area (Å²) in [5.74, 6) is -0.314. The van der Waals surface area contributed by atoms with Crippen LogP contribution in [0.15, 0.2) is 57.8 Å². The van der Waals surface area contributed by atoms with Crippen molar-refractivity contribution >= 4 is 45.2 Å². The first-order chi connectivity index (χ1) is 15.6. The van der Waals surface area contributed by atoms with Gasteiger partial charge < -0.3 is 4.90 Å². The van der Waals surface area contributed by atoms with Crippen molar-refractivity contribution in [3.8, 4) is 21.6 Å². The highest BCUT2D eigenvalue weighted by Gasteiger charge is 2.26. The van der Waals surface area contributed by atoms with E-state index in [0.29, 0.717) is 21.0 Å². The van der Waals surface area contributed by atoms with Gasteiger partial charge in [-0.15, -0.1) is 15.7 Å². The number of hydroxylamine groups is 2. The first kappa shape index (κ1) is 24.9. The summed E-state index contributed by atoms with van der Waals surface area (Å²) in [6.07, 6.45) is 1.24. The number of benzene rings is 2. The smallest absolute Gasteiger partial charge is 0.287 e. The van der Waals surface area contributed by atoms with Gasteiger partial charge in [0.05, 0.1) is 12.0 Å². The van der Waals surface area contributed by atoms with Gasteiger partial charge in [0.15, 0.2) is 0 Å². The summed E-state index contributed by atoms with van der Waals surface area (Å²) >= 11 is 7.75. The Balaban J connectivity index is 2.15. The third-order valence-corrected chi connectivity index (χ3v) is 7.76. The van der Waals surface area contributed by atoms with Crippen LogP contribution in [-0.2, 0) is 14.9 Å². The van der Waals surface area contributed by atoms with Crippen molar-refractivity contribution in [3.05, 3.63) is 64.0 Å². The molecule has 7 nitrogen and oxygen atoms in total. The minimum absolute atomic E-state index is 0.0606. The second kappa shape index (κ2) is 10.0. The summed E-state index contributed by atoms with van der Waals surface area (Å²) in [4.78, 5) is 21.1. The minimum atomic E-state index is -3.83. The molecular weight excluding hydrogens is 482 g/mol. The molecule has 0 bridgehead atoms. The topological polar surface area (TPSA) is 79.3 Å². The fourth-order valence-electron chi connectivity index (χ4n) is 3.15. The van der Waals surface area contributed by atoms with Crippen LogP contribution in [0.5, 0.6) is 0 Å². The van der Waals surface area contributed by atoms with E-state index in [4.69, 9.17) is 16.4 Å². The van der Waals surface area contributed by atoms with Crippen molar-refractivity contribution in [2.75, 3.05) is 28.3 Å². The maximum atomic E-state index is 13.1. The normalized spacial score (nSPS) is 11.7. The molecule has 174 valence electrons. The van der Waals surface area contributed by atoms with Crippen molar-refractivity contribution in [2.24, 2.45) is 4.40 Å². The van der Waals surface area contributed by atoms with E-state index in [1.54, 1.807) is 37.2 Å². The molecule has 0 saturated carbocycles. The Kier molecular flexibility index (Phi) is 7.58. The van der Waals surface area contributed by atoms with Crippen LogP contribution in [0.2, 0.25) is 5.02 Å². The molecule has 1 heterocycles. The summed E-state index contributed by atoms with van der Waals surface area (Å²) in [6.45, 7) is 1.92. The Bertz CT molecular complexity index is 1300. The van der Waals surface area contributed by atoms with Gasteiger partial charge in [-0.05, 0) is 36.2 Å². The van der Waals surface area contributed by atoms with Crippen LogP contribution in [0, 0.1) is 6.92 Å². The van der Waals surface area contributed by atoms with Crippen molar-refractivity contribution in [1.82, 2.24) is 9.96 Å². The molecule has 0 radical (unpaired) electrons. The molecule has 0 N–H and O–H groups in total. The second-order valence-corrected chi connectivity index (χ2v) is 10.5. The maximum Gasteiger partial charge on any atom is 0.287 e. The average Bonchev–Trinajstić information content (AvgIpc) is 3.14. The molecule has 0 atom stereocenters. The van der Waals surface area contributed by atoms with Gasteiger partial charge >= 0.3 is 0 Å². The van der Waals surface area contributed by atoms with Gasteiger partial charge in [-0.3, -0.25) is 9.63 Å². The Morgan fingerprint density at radius 1 is 1.09 bits per heavy atom. The van der Waals surface area contributed by atoms with Crippen LogP contribution in [-0.4, -0.2) is 58.9 Å². The molecule has 0 aliphatic rings. The number of nitrogens with zero attached hydrogens (tertiary/aromatic N) is 3. The van der Waals surface area contributed by atoms with Gasteiger partial charge in [-0.25, -0.2) is 5.06 Å². The van der Waals surface area contributed by atoms with Crippen LogP contribution < -0.4 is 0 Å². The molecule has 1 amide bonds. The Labute approximate surface area is 202 Å². The van der Waals surface area contributed by atoms with Gasteiger partial charge in [0, 0.05) is 42.2 Å². The van der Waals surface area contributed by atoms with Gasteiger partial charge in [0.2, 0.25) is 0 Å². The largest absolute Gasteiger partial charge is 0.368 e. The van der Waals surface area contributed by atoms with Crippen LogP contribution in [0.1, 0.15) is 15.2 Å². The highest BCUT2D eigenvalue weighted by molar-refractivity contribution is 7.90. The summed E-state index contributed by atoms with van der Waals surface area (Å²) in [5, 5.41) is 1.73. The van der Waals surface area contributed by atoms with Crippen LogP contribution in [0.3, 0.4) is 0 Å². The standard InChI is InChI=1S/C23H24ClN3O4S2/c1-15-20(16-10-12-17(13-11-16)33(29,30)25-14-26(2)3)22(23(28)27(4)31-5)32-21(15)18-8-6-7-9-19(18)24/h6-14H,1-5H3. The molecule has 0 fully saturated rings. The van der Waals surface area contributed by atoms with E-state index in [0.717, 1.165) is 21.1 Å². The molecule has 0 saturated heterocycles. The molecule has 3 aromatic rings. The van der Waals surface area contributed by atoms with E-state index in [2.05, 4.69) is 4.40 Å². The van der Waals surface area contributed by atoms with Crippen molar-refractivity contribution < 1.29 is 18.0 Å². The maximum absolute atomic E-state index is 13.1. The fraction of sp³-hybridized carbons (Fsp3) is 0.217. The zero-order valence-corrected chi connectivity index (χ0v) is 21.3. The number of hydrogen-bond donors (Lipinski definition) is 0. The van der Waals surface area contributed by atoms with E-state index in [9.17, 15) is 13.2 Å². The van der Waals surface area contributed by atoms with Gasteiger partial charge in [0.25, 0.3) is 15.9 Å². The quantitative estimate of drug-likeness (QED) is 0.258. The molecule has 0 aliphatic heterocycles. The SMILES string of the molecule is CON(C)C(=O)c1sc(-c2ccccc2Cl)c(C)c1-c1ccc(S(=O)(=O)N=CN(C)C)cc1. The predicted octanol–water partition coefficient (Wildman–Crippen LogP) is 4.96. The zero-order chi connectivity index (χ0) is 24.3. The molecule has 0 aliphatic carbocycles. The van der Waals surface area contributed by atoms with Gasteiger partial charge in [-0.2, -0.15) is 8.42 Å². The number of thiophene rings is 1. The second-order valence-electron chi connectivity index (χ2n) is 7.41. The Morgan fingerprint density at radius 2 is 1.73 bits per heavy atom. The highest BCUT2D eigenvalue weighted by Crippen LogP contribution is 2.44. The third-order valence-electron chi connectivity index (χ3n) is 4.88. The average molecular weight is 506 g/mol. The van der Waals surface area contributed by atoms with E-state index in [1.165, 1.54) is 44.0 Å². The Morgan fingerprint density at radius 3 is 2.30 bits per heavy atom. The number of carbonyl (C=O) groups is 1. The third kappa shape index (κ3) is 5.27. The predicted molar refractivity (Wildman–Crippen MR) is 133 cm³/mol. The lowest BCUT2D eigenvalue weighted by Crippen LogP contribution is -2.25. The molecule has 10 heteroatoms. The molecule has 0 spiro atoms. The van der Waals surface area contributed by atoms with Gasteiger partial charge in [-0.1, -0.05) is 41.9 Å². The molecule has 0 unspecified atom stereocenters. The minimum Gasteiger partial charge on any atom is -0.368 e. The van der Waals surface area contributed by atoms with E-state index >= 15 is 0 Å². The van der Waals surface area contributed by atoms with Crippen LogP contribution >= 0.6 is 22.9 Å². The molecule has 33 heavy (non-hydrogen) atoms. The van der Waals surface area contributed by atoms with Crippen molar-refractivity contribution in [1.29, 1.82) is 0 Å². The lowest BCUT2D eigenvalue weighted by Gasteiger charge is -2.14. The Hall–Kier alpha value is -2.72. The van der Waals surface area contributed by atoms with Crippen molar-refractivity contribution in [2.45, 2.75) is 11.8 Å². The number of halogens is 1. The molecule has 1 aromatic heterocycles. The molecule has 2 aromatic carbocycles. The number of rotatable bonds is 7. The summed E-state index contributed by atoms with van der Waals surface area (Å²) in [5.41, 5.74) is 3.08. The highest BCUT2D eigenvalue weighted by atomic mass is 35.5. The van der Waals surface area contributed by atoms with E-state index in [-0.39, 0.29) is 10.8 Å². The fourth-order valence-corrected chi connectivity index (χ4v) is 5.69. The summed E-state index contributed by atoms with van der Waals surface area (Å²) < 4.78 is 28.6.